The second-order valence-electron chi connectivity index (χ2n) is 7.90. The van der Waals surface area contributed by atoms with Crippen LogP contribution in [0.2, 0.25) is 5.02 Å². The molecule has 0 aromatic heterocycles. The van der Waals surface area contributed by atoms with Crippen LogP contribution in [-0.4, -0.2) is 57.5 Å². The van der Waals surface area contributed by atoms with Gasteiger partial charge in [0.2, 0.25) is 5.91 Å². The molecule has 2 amide bonds. The fourth-order valence-electron chi connectivity index (χ4n) is 3.75. The summed E-state index contributed by atoms with van der Waals surface area (Å²) in [6.45, 7) is -0.285. The van der Waals surface area contributed by atoms with Crippen LogP contribution in [-0.2, 0) is 28.7 Å². The quantitative estimate of drug-likeness (QED) is 0.459. The van der Waals surface area contributed by atoms with Crippen LogP contribution >= 0.6 is 11.6 Å². The summed E-state index contributed by atoms with van der Waals surface area (Å²) < 4.78 is 21.7. The number of ketones is 1. The SMILES string of the molecule is COC(=O)CCC(=O)CNC(=O)C[C@@H]1O[C@@H](c2cccc(OC)c2OC)c2cc(Cl)ccc2NC1=O. The predicted molar refractivity (Wildman–Crippen MR) is 130 cm³/mol. The molecule has 0 spiro atoms. The first-order chi connectivity index (χ1) is 17.3. The fourth-order valence-corrected chi connectivity index (χ4v) is 3.93. The Morgan fingerprint density at radius 2 is 1.83 bits per heavy atom. The van der Waals surface area contributed by atoms with Gasteiger partial charge in [0.25, 0.3) is 5.91 Å². The van der Waals surface area contributed by atoms with E-state index in [0.29, 0.717) is 33.3 Å². The Hall–Kier alpha value is -3.63. The zero-order valence-corrected chi connectivity index (χ0v) is 20.8. The Balaban J connectivity index is 1.83. The molecule has 1 aliphatic heterocycles. The van der Waals surface area contributed by atoms with Gasteiger partial charge in [-0.1, -0.05) is 23.7 Å². The summed E-state index contributed by atoms with van der Waals surface area (Å²) in [5.41, 5.74) is 1.61. The highest BCUT2D eigenvalue weighted by molar-refractivity contribution is 6.30. The minimum absolute atomic E-state index is 0.0683. The molecule has 0 saturated heterocycles. The van der Waals surface area contributed by atoms with Crippen molar-refractivity contribution in [3.05, 3.63) is 52.5 Å². The molecule has 2 aromatic carbocycles. The molecular weight excluding hydrogens is 492 g/mol. The highest BCUT2D eigenvalue weighted by atomic mass is 35.5. The van der Waals surface area contributed by atoms with E-state index >= 15 is 0 Å². The van der Waals surface area contributed by atoms with Gasteiger partial charge in [0.1, 0.15) is 12.2 Å². The minimum Gasteiger partial charge on any atom is -0.493 e. The van der Waals surface area contributed by atoms with Crippen molar-refractivity contribution in [2.24, 2.45) is 0 Å². The van der Waals surface area contributed by atoms with E-state index in [1.807, 2.05) is 0 Å². The topological polar surface area (TPSA) is 129 Å². The van der Waals surface area contributed by atoms with E-state index in [9.17, 15) is 19.2 Å². The number of ether oxygens (including phenoxy) is 4. The molecular formula is C25H27ClN2O8. The number of rotatable bonds is 10. The van der Waals surface area contributed by atoms with Gasteiger partial charge in [0, 0.05) is 28.3 Å². The van der Waals surface area contributed by atoms with Crippen LogP contribution in [0.25, 0.3) is 0 Å². The number of methoxy groups -OCH3 is 3. The van der Waals surface area contributed by atoms with Crippen molar-refractivity contribution in [2.45, 2.75) is 31.5 Å². The number of para-hydroxylation sites is 1. The lowest BCUT2D eigenvalue weighted by atomic mass is 9.98. The third-order valence-electron chi connectivity index (χ3n) is 5.55. The first-order valence-corrected chi connectivity index (χ1v) is 11.5. The van der Waals surface area contributed by atoms with Crippen LogP contribution in [0.4, 0.5) is 5.69 Å². The monoisotopic (exact) mass is 518 g/mol. The number of hydrogen-bond acceptors (Lipinski definition) is 8. The van der Waals surface area contributed by atoms with Crippen LogP contribution in [0, 0.1) is 0 Å². The number of esters is 1. The maximum absolute atomic E-state index is 13.0. The molecule has 0 aliphatic carbocycles. The zero-order chi connectivity index (χ0) is 26.2. The summed E-state index contributed by atoms with van der Waals surface area (Å²) in [4.78, 5) is 48.7. The van der Waals surface area contributed by atoms with Crippen molar-refractivity contribution in [1.29, 1.82) is 0 Å². The molecule has 2 N–H and O–H groups in total. The van der Waals surface area contributed by atoms with Gasteiger partial charge < -0.3 is 29.6 Å². The van der Waals surface area contributed by atoms with Crippen molar-refractivity contribution >= 4 is 40.9 Å². The Morgan fingerprint density at radius 1 is 1.06 bits per heavy atom. The molecule has 0 bridgehead atoms. The van der Waals surface area contributed by atoms with Crippen molar-refractivity contribution in [3.63, 3.8) is 0 Å². The molecule has 0 radical (unpaired) electrons. The Bertz CT molecular complexity index is 1150. The first-order valence-electron chi connectivity index (χ1n) is 11.1. The van der Waals surface area contributed by atoms with Crippen molar-refractivity contribution in [2.75, 3.05) is 33.2 Å². The molecule has 0 fully saturated rings. The number of hydrogen-bond donors (Lipinski definition) is 2. The maximum atomic E-state index is 13.0. The number of Topliss-reactive ketones (excluding diaryl/α,β-unsaturated/α-hetero) is 1. The lowest BCUT2D eigenvalue weighted by molar-refractivity contribution is -0.142. The highest BCUT2D eigenvalue weighted by Gasteiger charge is 2.35. The number of amides is 2. The van der Waals surface area contributed by atoms with Gasteiger partial charge in [0.15, 0.2) is 17.3 Å². The number of carbonyl (C=O) groups is 4. The first kappa shape index (κ1) is 27.0. The van der Waals surface area contributed by atoms with Gasteiger partial charge in [-0.05, 0) is 24.3 Å². The van der Waals surface area contributed by atoms with Crippen molar-refractivity contribution in [3.8, 4) is 11.5 Å². The van der Waals surface area contributed by atoms with Crippen LogP contribution in [0.3, 0.4) is 0 Å². The van der Waals surface area contributed by atoms with Crippen molar-refractivity contribution in [1.82, 2.24) is 5.32 Å². The van der Waals surface area contributed by atoms with Crippen LogP contribution < -0.4 is 20.1 Å². The van der Waals surface area contributed by atoms with Gasteiger partial charge in [-0.15, -0.1) is 0 Å². The number of halogens is 1. The summed E-state index contributed by atoms with van der Waals surface area (Å²) >= 11 is 6.25. The lowest BCUT2D eigenvalue weighted by Crippen LogP contribution is -2.37. The smallest absolute Gasteiger partial charge is 0.305 e. The van der Waals surface area contributed by atoms with E-state index in [1.54, 1.807) is 36.4 Å². The Morgan fingerprint density at radius 3 is 2.53 bits per heavy atom. The highest BCUT2D eigenvalue weighted by Crippen LogP contribution is 2.43. The van der Waals surface area contributed by atoms with Crippen LogP contribution in [0.1, 0.15) is 36.5 Å². The number of carbonyl (C=O) groups excluding carboxylic acids is 4. The Kier molecular flexibility index (Phi) is 9.26. The molecule has 0 unspecified atom stereocenters. The van der Waals surface area contributed by atoms with E-state index in [4.69, 9.17) is 25.8 Å². The summed E-state index contributed by atoms with van der Waals surface area (Å²) in [6, 6.07) is 10.2. The Labute approximate surface area is 213 Å². The van der Waals surface area contributed by atoms with Gasteiger partial charge in [0.05, 0.1) is 40.7 Å². The molecule has 1 heterocycles. The molecule has 36 heavy (non-hydrogen) atoms. The number of benzene rings is 2. The van der Waals surface area contributed by atoms with Crippen LogP contribution in [0.15, 0.2) is 36.4 Å². The van der Waals surface area contributed by atoms with E-state index in [1.165, 1.54) is 21.3 Å². The van der Waals surface area contributed by atoms with Gasteiger partial charge in [-0.25, -0.2) is 0 Å². The third-order valence-corrected chi connectivity index (χ3v) is 5.79. The second kappa shape index (κ2) is 12.4. The largest absolute Gasteiger partial charge is 0.493 e. The normalized spacial score (nSPS) is 16.7. The van der Waals surface area contributed by atoms with Crippen molar-refractivity contribution < 1.29 is 38.1 Å². The standard InChI is InChI=1S/C25H27ClN2O8/c1-33-19-6-4-5-16(24(19)35-3)23-17-11-14(26)7-9-18(17)28-25(32)20(36-23)12-21(30)27-13-15(29)8-10-22(31)34-2/h4-7,9,11,20,23H,8,10,12-13H2,1-3H3,(H,27,30)(H,28,32)/t20-,23-/m0/s1. The molecule has 11 heteroatoms. The third kappa shape index (κ3) is 6.52. The van der Waals surface area contributed by atoms with Gasteiger partial charge in [-0.2, -0.15) is 0 Å². The van der Waals surface area contributed by atoms with E-state index in [2.05, 4.69) is 15.4 Å². The average Bonchev–Trinajstić information content (AvgIpc) is 3.01. The summed E-state index contributed by atoms with van der Waals surface area (Å²) in [6.07, 6.45) is -2.52. The number of nitrogens with one attached hydrogen (secondary N) is 2. The molecule has 2 atom stereocenters. The lowest BCUT2D eigenvalue weighted by Gasteiger charge is -2.24. The number of fused-ring (bicyclic) bond motifs is 1. The van der Waals surface area contributed by atoms with Gasteiger partial charge >= 0.3 is 5.97 Å². The molecule has 10 nitrogen and oxygen atoms in total. The predicted octanol–water partition coefficient (Wildman–Crippen LogP) is 2.81. The maximum Gasteiger partial charge on any atom is 0.305 e. The molecule has 0 saturated carbocycles. The summed E-state index contributed by atoms with van der Waals surface area (Å²) in [5.74, 6) is -1.09. The second-order valence-corrected chi connectivity index (χ2v) is 8.34. The summed E-state index contributed by atoms with van der Waals surface area (Å²) in [5, 5.41) is 5.68. The average molecular weight is 519 g/mol. The number of anilines is 1. The zero-order valence-electron chi connectivity index (χ0n) is 20.1. The van der Waals surface area contributed by atoms with Gasteiger partial charge in [-0.3, -0.25) is 19.2 Å². The molecule has 2 aromatic rings. The minimum atomic E-state index is -1.19. The van der Waals surface area contributed by atoms with E-state index < -0.39 is 30.0 Å². The molecule has 3 rings (SSSR count). The van der Waals surface area contributed by atoms with E-state index in [-0.39, 0.29) is 31.6 Å². The van der Waals surface area contributed by atoms with Crippen LogP contribution in [0.5, 0.6) is 11.5 Å². The fraction of sp³-hybridized carbons (Fsp3) is 0.360. The summed E-state index contributed by atoms with van der Waals surface area (Å²) in [7, 11) is 4.22. The van der Waals surface area contributed by atoms with E-state index in [0.717, 1.165) is 0 Å². The molecule has 192 valence electrons. The molecule has 1 aliphatic rings.